The van der Waals surface area contributed by atoms with Crippen LogP contribution in [0.15, 0.2) is 23.2 Å². The van der Waals surface area contributed by atoms with Crippen molar-refractivity contribution in [1.82, 2.24) is 9.29 Å². The molecule has 0 amide bonds. The van der Waals surface area contributed by atoms with Gasteiger partial charge in [0, 0.05) is 12.2 Å². The third-order valence-electron chi connectivity index (χ3n) is 2.50. The Morgan fingerprint density at radius 2 is 1.95 bits per heavy atom. The largest absolute Gasteiger partial charge is 0.480 e. The number of pyridine rings is 1. The van der Waals surface area contributed by atoms with E-state index in [4.69, 9.17) is 5.11 Å². The summed E-state index contributed by atoms with van der Waals surface area (Å²) in [5.74, 6) is -1.37. The molecule has 6 nitrogen and oxygen atoms in total. The normalized spacial score (nSPS) is 12.9. The summed E-state index contributed by atoms with van der Waals surface area (Å²) in [7, 11) is -4.23. The van der Waals surface area contributed by atoms with Crippen molar-refractivity contribution in [1.29, 1.82) is 0 Å². The van der Waals surface area contributed by atoms with Crippen molar-refractivity contribution in [2.75, 3.05) is 6.54 Å². The van der Waals surface area contributed by atoms with Crippen LogP contribution in [0.3, 0.4) is 0 Å². The minimum atomic E-state index is -4.68. The van der Waals surface area contributed by atoms with Crippen LogP contribution in [0.2, 0.25) is 0 Å². The Hall–Kier alpha value is -1.68. The van der Waals surface area contributed by atoms with Gasteiger partial charge in [0.15, 0.2) is 0 Å². The molecule has 0 saturated carbocycles. The average Bonchev–Trinajstić information content (AvgIpc) is 2.34. The molecule has 1 N–H and O–H groups in total. The van der Waals surface area contributed by atoms with E-state index in [9.17, 15) is 26.4 Å². The van der Waals surface area contributed by atoms with Gasteiger partial charge in [0.2, 0.25) is 10.0 Å². The fourth-order valence-electron chi connectivity index (χ4n) is 1.51. The highest BCUT2D eigenvalue weighted by atomic mass is 32.2. The second kappa shape index (κ2) is 5.98. The van der Waals surface area contributed by atoms with Crippen molar-refractivity contribution in [3.05, 3.63) is 24.0 Å². The van der Waals surface area contributed by atoms with Gasteiger partial charge in [-0.1, -0.05) is 0 Å². The molecule has 10 heteroatoms. The maximum absolute atomic E-state index is 12.4. The van der Waals surface area contributed by atoms with Crippen LogP contribution in [0, 0.1) is 0 Å². The van der Waals surface area contributed by atoms with E-state index in [0.29, 0.717) is 16.6 Å². The number of halogens is 3. The first-order chi connectivity index (χ1) is 9.46. The molecular weight excluding hydrogens is 313 g/mol. The lowest BCUT2D eigenvalue weighted by Crippen LogP contribution is -2.40. The molecule has 0 aliphatic heterocycles. The highest BCUT2D eigenvalue weighted by molar-refractivity contribution is 7.89. The van der Waals surface area contributed by atoms with Crippen molar-refractivity contribution in [3.63, 3.8) is 0 Å². The number of hydrogen-bond acceptors (Lipinski definition) is 4. The maximum Gasteiger partial charge on any atom is 0.433 e. The van der Waals surface area contributed by atoms with Gasteiger partial charge in [-0.15, -0.1) is 0 Å². The van der Waals surface area contributed by atoms with Gasteiger partial charge in [-0.25, -0.2) is 8.42 Å². The molecule has 0 aliphatic rings. The highest BCUT2D eigenvalue weighted by Gasteiger charge is 2.34. The Kier molecular flexibility index (Phi) is 4.95. The Bertz CT molecular complexity index is 611. The minimum Gasteiger partial charge on any atom is -0.480 e. The third-order valence-corrected chi connectivity index (χ3v) is 4.51. The van der Waals surface area contributed by atoms with E-state index in [1.54, 1.807) is 0 Å². The van der Waals surface area contributed by atoms with Gasteiger partial charge in [-0.3, -0.25) is 9.78 Å². The summed E-state index contributed by atoms with van der Waals surface area (Å²) < 4.78 is 62.2. The van der Waals surface area contributed by atoms with E-state index in [1.165, 1.54) is 13.8 Å². The summed E-state index contributed by atoms with van der Waals surface area (Å²) in [6.45, 7) is 2.12. The molecule has 0 radical (unpaired) electrons. The minimum absolute atomic E-state index is 0.495. The number of aliphatic carboxylic acids is 1. The monoisotopic (exact) mass is 326 g/mol. The summed E-state index contributed by atoms with van der Waals surface area (Å²) in [6.07, 6.45) is -4.11. The first-order valence-electron chi connectivity index (χ1n) is 5.73. The van der Waals surface area contributed by atoms with Gasteiger partial charge in [0.05, 0.1) is 0 Å². The zero-order valence-corrected chi connectivity index (χ0v) is 11.9. The molecular formula is C11H13F3N2O4S. The summed E-state index contributed by atoms with van der Waals surface area (Å²) in [5, 5.41) is 8.72. The lowest BCUT2D eigenvalue weighted by Gasteiger charge is -2.24. The molecule has 0 aromatic carbocycles. The molecule has 0 bridgehead atoms. The average molecular weight is 326 g/mol. The van der Waals surface area contributed by atoms with Crippen LogP contribution in [0.4, 0.5) is 13.2 Å². The van der Waals surface area contributed by atoms with Gasteiger partial charge < -0.3 is 5.11 Å². The van der Waals surface area contributed by atoms with E-state index in [2.05, 4.69) is 4.98 Å². The predicted octanol–water partition coefficient (Wildman–Crippen LogP) is 1.58. The molecule has 1 aromatic heterocycles. The van der Waals surface area contributed by atoms with Gasteiger partial charge in [0.25, 0.3) is 0 Å². The number of hydrogen-bond donors (Lipinski definition) is 1. The molecule has 0 aliphatic carbocycles. The fraction of sp³-hybridized carbons (Fsp3) is 0.455. The second-order valence-corrected chi connectivity index (χ2v) is 6.31. The summed E-state index contributed by atoms with van der Waals surface area (Å²) >= 11 is 0. The zero-order chi connectivity index (χ0) is 16.4. The van der Waals surface area contributed by atoms with Crippen LogP contribution in [-0.2, 0) is 21.0 Å². The van der Waals surface area contributed by atoms with Crippen LogP contribution < -0.4 is 0 Å². The molecule has 118 valence electrons. The Balaban J connectivity index is 3.20. The Morgan fingerprint density at radius 3 is 2.29 bits per heavy atom. The molecule has 0 fully saturated rings. The molecule has 0 spiro atoms. The van der Waals surface area contributed by atoms with Gasteiger partial charge in [0.1, 0.15) is 17.1 Å². The number of rotatable bonds is 5. The number of alkyl halides is 3. The molecule has 21 heavy (non-hydrogen) atoms. The summed E-state index contributed by atoms with van der Waals surface area (Å²) in [6, 6.07) is 0.613. The van der Waals surface area contributed by atoms with Crippen LogP contribution in [0.1, 0.15) is 19.5 Å². The molecule has 1 heterocycles. The Labute approximate surface area is 119 Å². The number of carbonyl (C=O) groups is 1. The SMILES string of the molecule is CC(C)N(CC(=O)O)S(=O)(=O)c1ccc(C(F)(F)F)nc1. The lowest BCUT2D eigenvalue weighted by molar-refractivity contribution is -0.141. The van der Waals surface area contributed by atoms with Crippen LogP contribution >= 0.6 is 0 Å². The topological polar surface area (TPSA) is 87.6 Å². The van der Waals surface area contributed by atoms with Crippen molar-refractivity contribution in [2.45, 2.75) is 31.0 Å². The van der Waals surface area contributed by atoms with Crippen molar-refractivity contribution < 1.29 is 31.5 Å². The van der Waals surface area contributed by atoms with E-state index >= 15 is 0 Å². The molecule has 1 aromatic rings. The van der Waals surface area contributed by atoms with Crippen LogP contribution in [0.25, 0.3) is 0 Å². The van der Waals surface area contributed by atoms with Crippen LogP contribution in [0.5, 0.6) is 0 Å². The molecule has 0 saturated heterocycles. The summed E-state index contributed by atoms with van der Waals surface area (Å²) in [5.41, 5.74) is -1.23. The number of nitrogens with zero attached hydrogens (tertiary/aromatic N) is 2. The molecule has 0 atom stereocenters. The standard InChI is InChI=1S/C11H13F3N2O4S/c1-7(2)16(6-10(17)18)21(19,20)8-3-4-9(15-5-8)11(12,13)14/h3-5,7H,6H2,1-2H3,(H,17,18). The Morgan fingerprint density at radius 1 is 1.38 bits per heavy atom. The zero-order valence-electron chi connectivity index (χ0n) is 11.1. The molecule has 0 unspecified atom stereocenters. The smallest absolute Gasteiger partial charge is 0.433 e. The third kappa shape index (κ3) is 4.14. The van der Waals surface area contributed by atoms with Crippen molar-refractivity contribution >= 4 is 16.0 Å². The first-order valence-corrected chi connectivity index (χ1v) is 7.17. The fourth-order valence-corrected chi connectivity index (χ4v) is 3.05. The van der Waals surface area contributed by atoms with E-state index in [1.807, 2.05) is 0 Å². The van der Waals surface area contributed by atoms with Gasteiger partial charge >= 0.3 is 12.1 Å². The maximum atomic E-state index is 12.4. The van der Waals surface area contributed by atoms with Gasteiger partial charge in [-0.05, 0) is 26.0 Å². The quantitative estimate of drug-likeness (QED) is 0.888. The number of carboxylic acids is 1. The predicted molar refractivity (Wildman–Crippen MR) is 65.9 cm³/mol. The molecule has 1 rings (SSSR count). The summed E-state index contributed by atoms with van der Waals surface area (Å²) in [4.78, 5) is 13.3. The first kappa shape index (κ1) is 17.4. The van der Waals surface area contributed by atoms with E-state index in [-0.39, 0.29) is 0 Å². The highest BCUT2D eigenvalue weighted by Crippen LogP contribution is 2.28. The second-order valence-electron chi connectivity index (χ2n) is 4.41. The number of aromatic nitrogens is 1. The van der Waals surface area contributed by atoms with Gasteiger partial charge in [-0.2, -0.15) is 17.5 Å². The number of sulfonamides is 1. The number of carboxylic acid groups (broad SMARTS) is 1. The van der Waals surface area contributed by atoms with E-state index < -0.39 is 45.3 Å². The van der Waals surface area contributed by atoms with Crippen LogP contribution in [-0.4, -0.2) is 41.4 Å². The van der Waals surface area contributed by atoms with E-state index in [0.717, 1.165) is 6.07 Å². The van der Waals surface area contributed by atoms with Crippen molar-refractivity contribution in [3.8, 4) is 0 Å². The lowest BCUT2D eigenvalue weighted by atomic mass is 10.3. The van der Waals surface area contributed by atoms with Crippen molar-refractivity contribution in [2.24, 2.45) is 0 Å².